The van der Waals surface area contributed by atoms with Crippen LogP contribution in [0.5, 0.6) is 0 Å². The molecule has 3 heterocycles. The van der Waals surface area contributed by atoms with E-state index < -0.39 is 24.3 Å². The van der Waals surface area contributed by atoms with Crippen LogP contribution < -0.4 is 0 Å². The monoisotopic (exact) mass is 564 g/mol. The van der Waals surface area contributed by atoms with Crippen molar-refractivity contribution in [2.24, 2.45) is 17.3 Å². The van der Waals surface area contributed by atoms with Gasteiger partial charge in [0.25, 0.3) is 0 Å². The number of aliphatic carboxylic acids is 2. The fourth-order valence-electron chi connectivity index (χ4n) is 5.66. The molecular formula is C24H38F6N2O6. The van der Waals surface area contributed by atoms with Gasteiger partial charge in [-0.2, -0.15) is 26.3 Å². The van der Waals surface area contributed by atoms with Gasteiger partial charge in [0.1, 0.15) is 0 Å². The van der Waals surface area contributed by atoms with E-state index in [1.165, 1.54) is 77.7 Å². The molecule has 3 aliphatic heterocycles. The van der Waals surface area contributed by atoms with Gasteiger partial charge in [-0.3, -0.25) is 0 Å². The molecule has 1 atom stereocenters. The molecule has 0 radical (unpaired) electrons. The zero-order valence-corrected chi connectivity index (χ0v) is 21.5. The molecule has 0 amide bonds. The summed E-state index contributed by atoms with van der Waals surface area (Å²) in [5.74, 6) is -3.92. The molecule has 0 aromatic heterocycles. The van der Waals surface area contributed by atoms with Gasteiger partial charge in [-0.25, -0.2) is 9.59 Å². The smallest absolute Gasteiger partial charge is 0.475 e. The first kappa shape index (κ1) is 32.6. The lowest BCUT2D eigenvalue weighted by molar-refractivity contribution is -0.193. The van der Waals surface area contributed by atoms with E-state index in [2.05, 4.69) is 9.80 Å². The standard InChI is InChI=1S/C20H36N2O2.2C2HF3O2/c1-23-15-18-14-21(13-17-5-11-24-12-6-17)16-20(18)7-9-22(10-8-20)19-3-2-4-19;2*3-2(4,5)1(6)7/h17-19H,2-16H2,1H3;2*(H,6,7). The predicted octanol–water partition coefficient (Wildman–Crippen LogP) is 3.89. The molecule has 0 bridgehead atoms. The quantitative estimate of drug-likeness (QED) is 0.486. The molecule has 38 heavy (non-hydrogen) atoms. The summed E-state index contributed by atoms with van der Waals surface area (Å²) in [6.45, 7) is 9.42. The number of piperidine rings is 1. The second-order valence-corrected chi connectivity index (χ2v) is 10.5. The van der Waals surface area contributed by atoms with Crippen LogP contribution in [0.2, 0.25) is 0 Å². The van der Waals surface area contributed by atoms with E-state index in [0.717, 1.165) is 37.7 Å². The van der Waals surface area contributed by atoms with E-state index in [-0.39, 0.29) is 0 Å². The van der Waals surface area contributed by atoms with E-state index in [0.29, 0.717) is 5.41 Å². The van der Waals surface area contributed by atoms with Crippen LogP contribution in [-0.4, -0.2) is 110 Å². The van der Waals surface area contributed by atoms with Crippen molar-refractivity contribution in [1.29, 1.82) is 0 Å². The van der Waals surface area contributed by atoms with Gasteiger partial charge < -0.3 is 29.5 Å². The molecular weight excluding hydrogens is 526 g/mol. The van der Waals surface area contributed by atoms with Gasteiger partial charge in [-0.15, -0.1) is 0 Å². The van der Waals surface area contributed by atoms with Gasteiger partial charge in [-0.05, 0) is 62.9 Å². The van der Waals surface area contributed by atoms with Crippen LogP contribution >= 0.6 is 0 Å². The van der Waals surface area contributed by atoms with E-state index in [4.69, 9.17) is 29.3 Å². The number of likely N-dealkylation sites (tertiary alicyclic amines) is 2. The van der Waals surface area contributed by atoms with E-state index in [1.807, 2.05) is 7.11 Å². The Hall–Kier alpha value is -1.64. The van der Waals surface area contributed by atoms with Gasteiger partial charge in [0, 0.05) is 51.9 Å². The largest absolute Gasteiger partial charge is 0.490 e. The van der Waals surface area contributed by atoms with Crippen molar-refractivity contribution in [1.82, 2.24) is 9.80 Å². The maximum absolute atomic E-state index is 10.6. The van der Waals surface area contributed by atoms with Gasteiger partial charge in [-0.1, -0.05) is 6.42 Å². The molecule has 4 fully saturated rings. The van der Waals surface area contributed by atoms with Crippen LogP contribution in [0.25, 0.3) is 0 Å². The normalized spacial score (nSPS) is 25.1. The number of halogens is 6. The van der Waals surface area contributed by atoms with Crippen LogP contribution in [0.4, 0.5) is 26.3 Å². The van der Waals surface area contributed by atoms with Crippen molar-refractivity contribution in [3.63, 3.8) is 0 Å². The van der Waals surface area contributed by atoms with Gasteiger partial charge >= 0.3 is 24.3 Å². The first-order valence-electron chi connectivity index (χ1n) is 12.8. The molecule has 1 saturated carbocycles. The minimum Gasteiger partial charge on any atom is -0.475 e. The molecule has 1 spiro atoms. The van der Waals surface area contributed by atoms with Crippen LogP contribution in [0.3, 0.4) is 0 Å². The Kier molecular flexibility index (Phi) is 12.1. The highest BCUT2D eigenvalue weighted by molar-refractivity contribution is 5.73. The Morgan fingerprint density at radius 2 is 1.45 bits per heavy atom. The third kappa shape index (κ3) is 9.83. The van der Waals surface area contributed by atoms with Gasteiger partial charge in [0.15, 0.2) is 0 Å². The number of methoxy groups -OCH3 is 1. The number of carbonyl (C=O) groups is 2. The first-order valence-corrected chi connectivity index (χ1v) is 12.8. The number of carboxylic acid groups (broad SMARTS) is 2. The van der Waals surface area contributed by atoms with E-state index in [1.54, 1.807) is 0 Å². The maximum Gasteiger partial charge on any atom is 0.490 e. The Morgan fingerprint density at radius 1 is 0.947 bits per heavy atom. The summed E-state index contributed by atoms with van der Waals surface area (Å²) in [6.07, 6.45) is -0.516. The number of nitrogens with zero attached hydrogens (tertiary/aromatic N) is 2. The number of hydrogen-bond donors (Lipinski definition) is 2. The van der Waals surface area contributed by atoms with Crippen molar-refractivity contribution in [2.45, 2.75) is 63.3 Å². The lowest BCUT2D eigenvalue weighted by atomic mass is 9.70. The van der Waals surface area contributed by atoms with Crippen LogP contribution in [-0.2, 0) is 19.1 Å². The van der Waals surface area contributed by atoms with Crippen molar-refractivity contribution in [3.05, 3.63) is 0 Å². The van der Waals surface area contributed by atoms with Crippen molar-refractivity contribution in [3.8, 4) is 0 Å². The summed E-state index contributed by atoms with van der Waals surface area (Å²) < 4.78 is 74.7. The van der Waals surface area contributed by atoms with Crippen molar-refractivity contribution in [2.75, 3.05) is 59.7 Å². The molecule has 1 aliphatic carbocycles. The molecule has 3 saturated heterocycles. The summed E-state index contributed by atoms with van der Waals surface area (Å²) in [5.41, 5.74) is 0.529. The van der Waals surface area contributed by atoms with Crippen LogP contribution in [0.1, 0.15) is 44.9 Å². The van der Waals surface area contributed by atoms with E-state index >= 15 is 0 Å². The molecule has 14 heteroatoms. The Bertz CT molecular complexity index is 724. The number of ether oxygens (including phenoxy) is 2. The lowest BCUT2D eigenvalue weighted by Crippen LogP contribution is -2.50. The zero-order valence-electron chi connectivity index (χ0n) is 21.5. The molecule has 4 rings (SSSR count). The predicted molar refractivity (Wildman–Crippen MR) is 124 cm³/mol. The first-order chi connectivity index (χ1) is 17.7. The summed E-state index contributed by atoms with van der Waals surface area (Å²) in [4.78, 5) is 23.4. The molecule has 222 valence electrons. The van der Waals surface area contributed by atoms with Gasteiger partial charge in [0.2, 0.25) is 0 Å². The van der Waals surface area contributed by atoms with E-state index in [9.17, 15) is 26.3 Å². The van der Waals surface area contributed by atoms with Crippen LogP contribution in [0.15, 0.2) is 0 Å². The fourth-order valence-corrected chi connectivity index (χ4v) is 5.66. The summed E-state index contributed by atoms with van der Waals surface area (Å²) >= 11 is 0. The summed E-state index contributed by atoms with van der Waals surface area (Å²) in [7, 11) is 1.89. The summed E-state index contributed by atoms with van der Waals surface area (Å²) in [5, 5.41) is 14.2. The SMILES string of the molecule is COCC1CN(CC2CCOCC2)CC12CCN(C1CCC1)CC2.O=C(O)C(F)(F)F.O=C(O)C(F)(F)F. The molecule has 2 N–H and O–H groups in total. The second-order valence-electron chi connectivity index (χ2n) is 10.5. The highest BCUT2D eigenvalue weighted by Gasteiger charge is 2.49. The highest BCUT2D eigenvalue weighted by atomic mass is 19.4. The van der Waals surface area contributed by atoms with Crippen LogP contribution in [0, 0.1) is 17.3 Å². The summed E-state index contributed by atoms with van der Waals surface area (Å²) in [6, 6.07) is 0.919. The third-order valence-electron chi connectivity index (χ3n) is 7.98. The molecule has 0 aromatic carbocycles. The highest BCUT2D eigenvalue weighted by Crippen LogP contribution is 2.46. The number of carboxylic acids is 2. The fraction of sp³-hybridized carbons (Fsp3) is 0.917. The maximum atomic E-state index is 10.6. The average Bonchev–Trinajstić information content (AvgIpc) is 3.11. The Labute approximate surface area is 218 Å². The van der Waals surface area contributed by atoms with Crippen molar-refractivity contribution < 1.29 is 55.6 Å². The second kappa shape index (κ2) is 14.1. The topological polar surface area (TPSA) is 99.5 Å². The minimum atomic E-state index is -5.08. The third-order valence-corrected chi connectivity index (χ3v) is 7.98. The Morgan fingerprint density at radius 3 is 1.84 bits per heavy atom. The van der Waals surface area contributed by atoms with Crippen molar-refractivity contribution >= 4 is 11.9 Å². The zero-order chi connectivity index (χ0) is 28.6. The lowest BCUT2D eigenvalue weighted by Gasteiger charge is -2.47. The number of rotatable bonds is 5. The number of hydrogen-bond acceptors (Lipinski definition) is 6. The molecule has 1 unspecified atom stereocenters. The minimum absolute atomic E-state index is 0.529. The van der Waals surface area contributed by atoms with Gasteiger partial charge in [0.05, 0.1) is 6.61 Å². The molecule has 4 aliphatic rings. The Balaban J connectivity index is 0.000000301. The molecule has 8 nitrogen and oxygen atoms in total. The average molecular weight is 565 g/mol. The molecule has 0 aromatic rings. The number of alkyl halides is 6.